The summed E-state index contributed by atoms with van der Waals surface area (Å²) in [5.74, 6) is -4.87. The smallest absolute Gasteiger partial charge is 0.411 e. The Balaban J connectivity index is 1.50. The molecule has 302 valence electrons. The molecule has 0 unspecified atom stereocenters. The zero-order valence-corrected chi connectivity index (χ0v) is 33.9. The van der Waals surface area contributed by atoms with Gasteiger partial charge in [0.1, 0.15) is 23.9 Å². The van der Waals surface area contributed by atoms with Crippen LogP contribution < -0.4 is 0 Å². The van der Waals surface area contributed by atoms with Crippen LogP contribution in [0.5, 0.6) is 0 Å². The van der Waals surface area contributed by atoms with Gasteiger partial charge in [-0.2, -0.15) is 0 Å². The number of methoxy groups -OCH3 is 1. The van der Waals surface area contributed by atoms with Crippen LogP contribution in [0.4, 0.5) is 4.79 Å². The number of likely N-dealkylation sites (N-methyl/N-ethyl adjacent to an activating group) is 1. The van der Waals surface area contributed by atoms with E-state index in [-0.39, 0.29) is 36.8 Å². The average molecular weight is 759 g/mol. The van der Waals surface area contributed by atoms with Crippen molar-refractivity contribution < 1.29 is 48.0 Å². The van der Waals surface area contributed by atoms with Crippen LogP contribution in [0.2, 0.25) is 0 Å². The predicted molar refractivity (Wildman–Crippen MR) is 198 cm³/mol. The molecule has 1 amide bonds. The lowest BCUT2D eigenvalue weighted by atomic mass is 9.73. The molecule has 14 heteroatoms. The van der Waals surface area contributed by atoms with Crippen molar-refractivity contribution in [1.82, 2.24) is 19.7 Å². The number of aliphatic hydroxyl groups is 1. The summed E-state index contributed by atoms with van der Waals surface area (Å²) in [6, 6.07) is 2.61. The number of pyridine rings is 1. The summed E-state index contributed by atoms with van der Waals surface area (Å²) >= 11 is 0. The Labute approximate surface area is 320 Å². The second-order valence-electron chi connectivity index (χ2n) is 16.8. The molecule has 0 radical (unpaired) electrons. The molecule has 4 aliphatic rings. The fraction of sp³-hybridized carbons (Fsp3) is 0.775. The largest absolute Gasteiger partial charge is 0.458 e. The molecule has 4 saturated heterocycles. The molecule has 54 heavy (non-hydrogen) atoms. The minimum atomic E-state index is -1.39. The van der Waals surface area contributed by atoms with Crippen LogP contribution in [0.1, 0.15) is 80.2 Å². The fourth-order valence-electron chi connectivity index (χ4n) is 9.38. The first kappa shape index (κ1) is 42.1. The lowest BCUT2D eigenvalue weighted by Crippen LogP contribution is -2.65. The zero-order chi connectivity index (χ0) is 39.9. The molecule has 1 aromatic heterocycles. The monoisotopic (exact) mass is 758 g/mol. The first-order chi connectivity index (χ1) is 25.4. The number of fused-ring (bicyclic) bond motifs is 1. The number of cyclic esters (lactones) is 1. The Hall–Kier alpha value is -3.01. The number of carbonyl (C=O) groups is 4. The van der Waals surface area contributed by atoms with Crippen LogP contribution in [0, 0.1) is 23.7 Å². The number of rotatable bonds is 8. The van der Waals surface area contributed by atoms with E-state index >= 15 is 0 Å². The number of Topliss-reactive ketones (excluding diaryl/α,β-unsaturated/α-hetero) is 2. The Morgan fingerprint density at radius 3 is 2.31 bits per heavy atom. The number of nitrogens with zero attached hydrogens (tertiary/aromatic N) is 4. The maximum Gasteiger partial charge on any atom is 0.411 e. The summed E-state index contributed by atoms with van der Waals surface area (Å²) in [4.78, 5) is 66.9. The van der Waals surface area contributed by atoms with Gasteiger partial charge in [0, 0.05) is 62.9 Å². The van der Waals surface area contributed by atoms with E-state index in [9.17, 15) is 24.3 Å². The number of likely N-dealkylation sites (tertiary alicyclic amines) is 1. The molecule has 5 heterocycles. The molecule has 0 saturated carbocycles. The maximum atomic E-state index is 14.7. The van der Waals surface area contributed by atoms with Gasteiger partial charge in [0.25, 0.3) is 0 Å². The Morgan fingerprint density at radius 2 is 1.72 bits per heavy atom. The zero-order valence-electron chi connectivity index (χ0n) is 33.9. The predicted octanol–water partition coefficient (Wildman–Crippen LogP) is 3.47. The molecule has 14 nitrogen and oxygen atoms in total. The second-order valence-corrected chi connectivity index (χ2v) is 16.8. The number of esters is 1. The minimum absolute atomic E-state index is 0.135. The van der Waals surface area contributed by atoms with Gasteiger partial charge < -0.3 is 33.7 Å². The van der Waals surface area contributed by atoms with E-state index < -0.39 is 83.4 Å². The summed E-state index contributed by atoms with van der Waals surface area (Å²) in [5, 5.41) is 11.4. The highest BCUT2D eigenvalue weighted by atomic mass is 16.7. The van der Waals surface area contributed by atoms with Crippen molar-refractivity contribution in [1.29, 1.82) is 0 Å². The average Bonchev–Trinajstić information content (AvgIpc) is 3.39. The van der Waals surface area contributed by atoms with E-state index in [0.29, 0.717) is 26.1 Å². The van der Waals surface area contributed by atoms with Gasteiger partial charge >= 0.3 is 12.1 Å². The minimum Gasteiger partial charge on any atom is -0.458 e. The summed E-state index contributed by atoms with van der Waals surface area (Å²) in [6.45, 7) is 15.8. The Kier molecular flexibility index (Phi) is 13.0. The van der Waals surface area contributed by atoms with Crippen LogP contribution >= 0.6 is 0 Å². The van der Waals surface area contributed by atoms with Crippen LogP contribution in [-0.4, -0.2) is 143 Å². The van der Waals surface area contributed by atoms with Crippen molar-refractivity contribution >= 4 is 23.6 Å². The van der Waals surface area contributed by atoms with Crippen LogP contribution in [-0.2, 0) is 44.6 Å². The van der Waals surface area contributed by atoms with E-state index in [0.717, 1.165) is 5.56 Å². The Bertz CT molecular complexity index is 1510. The fourth-order valence-corrected chi connectivity index (χ4v) is 9.38. The quantitative estimate of drug-likeness (QED) is 0.304. The van der Waals surface area contributed by atoms with Crippen molar-refractivity contribution in [2.45, 2.75) is 141 Å². The third kappa shape index (κ3) is 8.10. The van der Waals surface area contributed by atoms with E-state index in [1.807, 2.05) is 65.0 Å². The third-order valence-electron chi connectivity index (χ3n) is 12.6. The molecule has 0 bridgehead atoms. The first-order valence-electron chi connectivity index (χ1n) is 19.5. The van der Waals surface area contributed by atoms with Gasteiger partial charge in [0.2, 0.25) is 0 Å². The number of hydrogen-bond acceptors (Lipinski definition) is 13. The number of carbonyl (C=O) groups excluding carboxylic acids is 4. The normalized spacial score (nSPS) is 40.5. The van der Waals surface area contributed by atoms with Crippen molar-refractivity contribution in [2.75, 3.05) is 34.3 Å². The highest BCUT2D eigenvalue weighted by Gasteiger charge is 2.62. The van der Waals surface area contributed by atoms with Gasteiger partial charge in [0.05, 0.1) is 29.9 Å². The van der Waals surface area contributed by atoms with E-state index in [4.69, 9.17) is 23.7 Å². The van der Waals surface area contributed by atoms with Crippen LogP contribution in [0.15, 0.2) is 24.5 Å². The third-order valence-corrected chi connectivity index (χ3v) is 12.6. The lowest BCUT2D eigenvalue weighted by Gasteiger charge is -2.48. The van der Waals surface area contributed by atoms with Gasteiger partial charge in [-0.3, -0.25) is 29.2 Å². The second kappa shape index (κ2) is 16.6. The van der Waals surface area contributed by atoms with Crippen molar-refractivity contribution in [2.24, 2.45) is 23.7 Å². The highest BCUT2D eigenvalue weighted by Crippen LogP contribution is 2.44. The molecule has 4 aliphatic heterocycles. The van der Waals surface area contributed by atoms with Gasteiger partial charge in [-0.1, -0.05) is 33.8 Å². The van der Waals surface area contributed by atoms with Crippen LogP contribution in [0.3, 0.4) is 0 Å². The van der Waals surface area contributed by atoms with Crippen molar-refractivity contribution in [3.05, 3.63) is 30.1 Å². The number of hydrogen-bond donors (Lipinski definition) is 1. The summed E-state index contributed by atoms with van der Waals surface area (Å²) < 4.78 is 31.2. The SMILES string of the molecule is CC[C@H]1OC(=O)[C@H](C)C(=O)[C@H](C)[C@@H](O[C@@H]2O[C@H](C)C[C@H](N(C)C)[C@H]2O)[C@](C)(OC)C[C@@H](C)C(=O)[C@H](C)[C@H]2N(C3CN(Cc4cccnc4)C3)C(=O)O[C@]12C. The standard InChI is InChI=1S/C40H62N4O10/c1-12-30-40(8)34(44(38(49)54-40)28-20-43(21-28)19-27-14-13-15-41-18-27)24(4)31(45)22(2)17-39(7,50-11)35(25(5)32(46)26(6)36(48)52-30)53-37-33(47)29(42(9)10)16-23(3)51-37/h13-15,18,22-26,28-30,33-35,37,47H,12,16-17,19-21H2,1-11H3/t22-,23-,24+,25+,26-,29+,30-,33-,34-,35-,37+,39-,40-/m1/s1. The van der Waals surface area contributed by atoms with E-state index in [1.165, 1.54) is 14.0 Å². The molecule has 13 atom stereocenters. The van der Waals surface area contributed by atoms with Crippen molar-refractivity contribution in [3.8, 4) is 0 Å². The number of aliphatic hydroxyl groups excluding tert-OH is 1. The van der Waals surface area contributed by atoms with E-state index in [1.54, 1.807) is 31.9 Å². The number of amides is 1. The van der Waals surface area contributed by atoms with Gasteiger partial charge in [-0.25, -0.2) is 4.79 Å². The molecule has 0 aromatic carbocycles. The van der Waals surface area contributed by atoms with Crippen LogP contribution in [0.25, 0.3) is 0 Å². The molecule has 1 N–H and O–H groups in total. The van der Waals surface area contributed by atoms with Crippen molar-refractivity contribution in [3.63, 3.8) is 0 Å². The molecule has 1 aromatic rings. The summed E-state index contributed by atoms with van der Waals surface area (Å²) in [5.41, 5.74) is -1.59. The molecule has 4 fully saturated rings. The molecule has 0 spiro atoms. The van der Waals surface area contributed by atoms with Gasteiger partial charge in [-0.15, -0.1) is 0 Å². The topological polar surface area (TPSA) is 157 Å². The van der Waals surface area contributed by atoms with Gasteiger partial charge in [0.15, 0.2) is 17.7 Å². The summed E-state index contributed by atoms with van der Waals surface area (Å²) in [7, 11) is 5.25. The Morgan fingerprint density at radius 1 is 1.04 bits per heavy atom. The number of aromatic nitrogens is 1. The molecule has 5 rings (SSSR count). The number of ketones is 2. The summed E-state index contributed by atoms with van der Waals surface area (Å²) in [6.07, 6.45) is -0.418. The lowest BCUT2D eigenvalue weighted by molar-refractivity contribution is -0.295. The molecule has 0 aliphatic carbocycles. The van der Waals surface area contributed by atoms with E-state index in [2.05, 4.69) is 9.88 Å². The maximum absolute atomic E-state index is 14.7. The first-order valence-corrected chi connectivity index (χ1v) is 19.5. The van der Waals surface area contributed by atoms with Gasteiger partial charge in [-0.05, 0) is 72.7 Å². The highest BCUT2D eigenvalue weighted by molar-refractivity contribution is 6.00. The number of ether oxygens (including phenoxy) is 5. The molecular weight excluding hydrogens is 696 g/mol. The molecular formula is C40H62N4O10.